The van der Waals surface area contributed by atoms with E-state index < -0.39 is 6.29 Å². The number of hydrogen-bond donors (Lipinski definition) is 1. The third-order valence-corrected chi connectivity index (χ3v) is 3.39. The fourth-order valence-electron chi connectivity index (χ4n) is 1.21. The molecule has 1 aliphatic rings. The Hall–Kier alpha value is -0.800. The molecule has 2 heterocycles. The Labute approximate surface area is 89.8 Å². The number of ether oxygens (including phenoxy) is 2. The van der Waals surface area contributed by atoms with Gasteiger partial charge in [0.05, 0.1) is 23.1 Å². The van der Waals surface area contributed by atoms with Gasteiger partial charge in [-0.1, -0.05) is 11.6 Å². The smallest absolute Gasteiger partial charge is 0.194 e. The molecular weight excluding hydrogens is 224 g/mol. The van der Waals surface area contributed by atoms with Crippen molar-refractivity contribution in [2.24, 2.45) is 0 Å². The molecule has 2 rings (SSSR count). The molecule has 2 N–H and O–H groups in total. The quantitative estimate of drug-likeness (QED) is 0.800. The summed E-state index contributed by atoms with van der Waals surface area (Å²) in [5.41, 5.74) is 5.93. The van der Waals surface area contributed by atoms with Crippen LogP contribution in [0.5, 0.6) is 0 Å². The van der Waals surface area contributed by atoms with Gasteiger partial charge in [0.2, 0.25) is 0 Å². The Morgan fingerprint density at radius 1 is 1.50 bits per heavy atom. The van der Waals surface area contributed by atoms with Crippen molar-refractivity contribution >= 4 is 27.9 Å². The number of anilines is 1. The number of hydrogen-bond acceptors (Lipinski definition) is 5. The average molecular weight is 231 g/mol. The molecule has 0 amide bonds. The second kappa shape index (κ2) is 3.75. The lowest BCUT2D eigenvalue weighted by Crippen LogP contribution is -1.95. The molecule has 1 fully saturated rings. The second-order valence-electron chi connectivity index (χ2n) is 2.70. The summed E-state index contributed by atoms with van der Waals surface area (Å²) in [6.07, 6.45) is -0.461. The third kappa shape index (κ3) is 1.47. The van der Waals surface area contributed by atoms with E-state index in [4.69, 9.17) is 32.1 Å². The average Bonchev–Trinajstić information content (AvgIpc) is 2.74. The number of rotatable bonds is 1. The van der Waals surface area contributed by atoms with E-state index in [1.165, 1.54) is 11.3 Å². The standard InChI is InChI=1S/C8H7ClN2O2S/c9-5-4(3-10)7(11)14-6(5)8-12-1-2-13-8/h8H,1-2,11H2. The normalized spacial score (nSPS) is 17.1. The highest BCUT2D eigenvalue weighted by Crippen LogP contribution is 2.41. The molecule has 1 aromatic heterocycles. The van der Waals surface area contributed by atoms with Gasteiger partial charge in [0, 0.05) is 0 Å². The summed E-state index contributed by atoms with van der Waals surface area (Å²) < 4.78 is 10.5. The molecule has 1 aliphatic heterocycles. The van der Waals surface area contributed by atoms with E-state index >= 15 is 0 Å². The summed E-state index contributed by atoms with van der Waals surface area (Å²) in [5.74, 6) is 0. The summed E-state index contributed by atoms with van der Waals surface area (Å²) in [4.78, 5) is 0.679. The summed E-state index contributed by atoms with van der Waals surface area (Å²) in [5, 5.41) is 9.52. The lowest BCUT2D eigenvalue weighted by molar-refractivity contribution is -0.0412. The largest absolute Gasteiger partial charge is 0.389 e. The maximum absolute atomic E-state index is 8.77. The maximum Gasteiger partial charge on any atom is 0.194 e. The molecule has 1 saturated heterocycles. The Morgan fingerprint density at radius 3 is 2.64 bits per heavy atom. The fourth-order valence-corrected chi connectivity index (χ4v) is 2.53. The van der Waals surface area contributed by atoms with Crippen molar-refractivity contribution in [3.8, 4) is 6.07 Å². The highest BCUT2D eigenvalue weighted by Gasteiger charge is 2.26. The van der Waals surface area contributed by atoms with Crippen LogP contribution in [0, 0.1) is 11.3 Å². The van der Waals surface area contributed by atoms with Gasteiger partial charge < -0.3 is 15.2 Å². The fraction of sp³-hybridized carbons (Fsp3) is 0.375. The number of nitriles is 1. The minimum atomic E-state index is -0.461. The van der Waals surface area contributed by atoms with Crippen molar-refractivity contribution in [3.63, 3.8) is 0 Å². The molecule has 14 heavy (non-hydrogen) atoms. The van der Waals surface area contributed by atoms with Crippen LogP contribution in [-0.2, 0) is 9.47 Å². The highest BCUT2D eigenvalue weighted by molar-refractivity contribution is 7.16. The van der Waals surface area contributed by atoms with Crippen molar-refractivity contribution in [3.05, 3.63) is 15.5 Å². The minimum absolute atomic E-state index is 0.311. The highest BCUT2D eigenvalue weighted by atomic mass is 35.5. The second-order valence-corrected chi connectivity index (χ2v) is 4.17. The van der Waals surface area contributed by atoms with Crippen molar-refractivity contribution < 1.29 is 9.47 Å². The van der Waals surface area contributed by atoms with Crippen LogP contribution < -0.4 is 5.73 Å². The molecule has 0 unspecified atom stereocenters. The maximum atomic E-state index is 8.77. The molecule has 6 heteroatoms. The summed E-state index contributed by atoms with van der Waals surface area (Å²) in [6.45, 7) is 1.08. The number of thiophene rings is 1. The van der Waals surface area contributed by atoms with Gasteiger partial charge >= 0.3 is 0 Å². The zero-order valence-corrected chi connectivity index (χ0v) is 8.69. The van der Waals surface area contributed by atoms with Crippen LogP contribution in [0.3, 0.4) is 0 Å². The Balaban J connectivity index is 2.39. The van der Waals surface area contributed by atoms with Crippen molar-refractivity contribution in [1.82, 2.24) is 0 Å². The first-order valence-electron chi connectivity index (χ1n) is 3.95. The van der Waals surface area contributed by atoms with Crippen LogP contribution in [-0.4, -0.2) is 13.2 Å². The minimum Gasteiger partial charge on any atom is -0.389 e. The van der Waals surface area contributed by atoms with E-state index in [1.54, 1.807) is 0 Å². The number of nitrogens with two attached hydrogens (primary N) is 1. The van der Waals surface area contributed by atoms with E-state index in [2.05, 4.69) is 0 Å². The topological polar surface area (TPSA) is 68.3 Å². The lowest BCUT2D eigenvalue weighted by Gasteiger charge is -2.05. The zero-order valence-electron chi connectivity index (χ0n) is 7.12. The van der Waals surface area contributed by atoms with Crippen molar-refractivity contribution in [2.45, 2.75) is 6.29 Å². The number of nitrogens with zero attached hydrogens (tertiary/aromatic N) is 1. The van der Waals surface area contributed by atoms with Crippen LogP contribution >= 0.6 is 22.9 Å². The van der Waals surface area contributed by atoms with Crippen molar-refractivity contribution in [1.29, 1.82) is 5.26 Å². The third-order valence-electron chi connectivity index (χ3n) is 1.85. The van der Waals surface area contributed by atoms with Gasteiger partial charge in [-0.2, -0.15) is 5.26 Å². The molecule has 0 aliphatic carbocycles. The van der Waals surface area contributed by atoms with Gasteiger partial charge in [-0.05, 0) is 0 Å². The Morgan fingerprint density at radius 2 is 2.14 bits per heavy atom. The predicted octanol–water partition coefficient (Wildman–Crippen LogP) is 1.90. The molecule has 74 valence electrons. The lowest BCUT2D eigenvalue weighted by atomic mass is 10.3. The van der Waals surface area contributed by atoms with Crippen LogP contribution in [0.4, 0.5) is 5.00 Å². The monoisotopic (exact) mass is 230 g/mol. The summed E-state index contributed by atoms with van der Waals surface area (Å²) in [7, 11) is 0. The van der Waals surface area contributed by atoms with Gasteiger partial charge in [-0.3, -0.25) is 0 Å². The molecule has 0 saturated carbocycles. The van der Waals surface area contributed by atoms with E-state index in [0.29, 0.717) is 33.7 Å². The van der Waals surface area contributed by atoms with Gasteiger partial charge in [0.15, 0.2) is 6.29 Å². The van der Waals surface area contributed by atoms with Gasteiger partial charge in [-0.15, -0.1) is 11.3 Å². The SMILES string of the molecule is N#Cc1c(N)sc(C2OCCO2)c1Cl. The van der Waals surface area contributed by atoms with Crippen LogP contribution in [0.1, 0.15) is 16.7 Å². The number of nitrogen functional groups attached to an aromatic ring is 1. The van der Waals surface area contributed by atoms with Crippen LogP contribution in [0.15, 0.2) is 0 Å². The summed E-state index contributed by atoms with van der Waals surface area (Å²) >= 11 is 7.19. The summed E-state index contributed by atoms with van der Waals surface area (Å²) in [6, 6.07) is 1.95. The first-order valence-corrected chi connectivity index (χ1v) is 5.14. The Kier molecular flexibility index (Phi) is 2.61. The molecule has 1 aromatic rings. The molecule has 0 atom stereocenters. The molecule has 0 spiro atoms. The first-order chi connectivity index (χ1) is 6.74. The van der Waals surface area contributed by atoms with E-state index in [9.17, 15) is 0 Å². The van der Waals surface area contributed by atoms with Crippen LogP contribution in [0.25, 0.3) is 0 Å². The van der Waals surface area contributed by atoms with Gasteiger partial charge in [0.1, 0.15) is 16.6 Å². The Bertz CT molecular complexity index is 393. The molecule has 0 radical (unpaired) electrons. The van der Waals surface area contributed by atoms with E-state index in [0.717, 1.165) is 0 Å². The predicted molar refractivity (Wildman–Crippen MR) is 53.1 cm³/mol. The van der Waals surface area contributed by atoms with Crippen molar-refractivity contribution in [2.75, 3.05) is 18.9 Å². The van der Waals surface area contributed by atoms with Crippen LogP contribution in [0.2, 0.25) is 5.02 Å². The molecule has 4 nitrogen and oxygen atoms in total. The zero-order chi connectivity index (χ0) is 10.1. The van der Waals surface area contributed by atoms with Gasteiger partial charge in [-0.25, -0.2) is 0 Å². The van der Waals surface area contributed by atoms with E-state index in [1.807, 2.05) is 6.07 Å². The first kappa shape index (κ1) is 9.74. The molecular formula is C8H7ClN2O2S. The molecule has 0 bridgehead atoms. The van der Waals surface area contributed by atoms with E-state index in [-0.39, 0.29) is 0 Å². The number of halogens is 1. The van der Waals surface area contributed by atoms with Gasteiger partial charge in [0.25, 0.3) is 0 Å². The molecule has 0 aromatic carbocycles.